The Morgan fingerprint density at radius 2 is 1.55 bits per heavy atom. The van der Waals surface area contributed by atoms with E-state index in [2.05, 4.69) is 5.32 Å². The Morgan fingerprint density at radius 1 is 0.895 bits per heavy atom. The zero-order chi connectivity index (χ0) is 27.2. The molecule has 206 valence electrons. The van der Waals surface area contributed by atoms with Crippen molar-refractivity contribution in [3.63, 3.8) is 0 Å². The maximum atomic E-state index is 13.1. The summed E-state index contributed by atoms with van der Waals surface area (Å²) in [4.78, 5) is 14.4. The van der Waals surface area contributed by atoms with Crippen LogP contribution in [0.2, 0.25) is 0 Å². The molecule has 1 aliphatic carbocycles. The molecule has 2 aromatic rings. The minimum absolute atomic E-state index is 0.105. The lowest BCUT2D eigenvalue weighted by atomic mass is 9.82. The first-order valence-electron chi connectivity index (χ1n) is 12.8. The molecule has 0 unspecified atom stereocenters. The van der Waals surface area contributed by atoms with E-state index in [1.807, 2.05) is 18.2 Å². The third-order valence-electron chi connectivity index (χ3n) is 7.83. The molecule has 2 fully saturated rings. The average Bonchev–Trinajstić information content (AvgIpc) is 3.31. The molecule has 0 bridgehead atoms. The van der Waals surface area contributed by atoms with Crippen molar-refractivity contribution in [2.45, 2.75) is 68.0 Å². The van der Waals surface area contributed by atoms with E-state index in [-0.39, 0.29) is 48.5 Å². The van der Waals surface area contributed by atoms with E-state index in [1.165, 1.54) is 16.4 Å². The van der Waals surface area contributed by atoms with Crippen molar-refractivity contribution in [2.75, 3.05) is 18.4 Å². The molecule has 0 radical (unpaired) electrons. The topological polar surface area (TPSA) is 171 Å². The van der Waals surface area contributed by atoms with Gasteiger partial charge in [-0.2, -0.15) is 4.31 Å². The number of likely N-dealkylation sites (tertiary alicyclic amines) is 1. The summed E-state index contributed by atoms with van der Waals surface area (Å²) in [6, 6.07) is 9.25. The maximum absolute atomic E-state index is 13.1. The molecule has 0 aromatic heterocycles. The summed E-state index contributed by atoms with van der Waals surface area (Å²) in [7, 11) is -3.96. The van der Waals surface area contributed by atoms with Crippen LogP contribution in [-0.4, -0.2) is 86.5 Å². The van der Waals surface area contributed by atoms with Crippen molar-refractivity contribution in [2.24, 2.45) is 5.92 Å². The van der Waals surface area contributed by atoms with Gasteiger partial charge in [-0.15, -0.1) is 0 Å². The summed E-state index contributed by atoms with van der Waals surface area (Å²) in [6.45, 7) is 1.41. The second-order valence-corrected chi connectivity index (χ2v) is 12.4. The molecule has 3 aliphatic rings. The van der Waals surface area contributed by atoms with Crippen molar-refractivity contribution >= 4 is 21.6 Å². The zero-order valence-corrected chi connectivity index (χ0v) is 21.6. The molecule has 1 saturated heterocycles. The van der Waals surface area contributed by atoms with Gasteiger partial charge in [0.2, 0.25) is 15.9 Å². The summed E-state index contributed by atoms with van der Waals surface area (Å²) in [5, 5.41) is 52.6. The summed E-state index contributed by atoms with van der Waals surface area (Å²) < 4.78 is 27.5. The lowest BCUT2D eigenvalue weighted by Crippen LogP contribution is -2.51. The largest absolute Gasteiger partial charge is 0.508 e. The van der Waals surface area contributed by atoms with Crippen LogP contribution >= 0.6 is 0 Å². The number of phenolic OH excluding ortho intramolecular Hbond substituents is 2. The summed E-state index contributed by atoms with van der Waals surface area (Å²) in [5.74, 6) is -1.33. The Morgan fingerprint density at radius 3 is 2.21 bits per heavy atom. The molecule has 2 aromatic carbocycles. The van der Waals surface area contributed by atoms with E-state index in [4.69, 9.17) is 0 Å². The van der Waals surface area contributed by atoms with Gasteiger partial charge in [0.05, 0.1) is 12.2 Å². The van der Waals surface area contributed by atoms with Crippen LogP contribution in [0.5, 0.6) is 11.5 Å². The highest BCUT2D eigenvalue weighted by Crippen LogP contribution is 2.35. The molecule has 2 heterocycles. The quantitative estimate of drug-likeness (QED) is 0.315. The fourth-order valence-electron chi connectivity index (χ4n) is 5.64. The molecule has 0 spiro atoms. The highest BCUT2D eigenvalue weighted by molar-refractivity contribution is 7.89. The van der Waals surface area contributed by atoms with E-state index in [0.29, 0.717) is 25.9 Å². The van der Waals surface area contributed by atoms with Crippen molar-refractivity contribution in [1.82, 2.24) is 9.21 Å². The molecular weight excluding hydrogens is 514 g/mol. The fourth-order valence-corrected chi connectivity index (χ4v) is 7.10. The molecule has 38 heavy (non-hydrogen) atoms. The monoisotopic (exact) mass is 547 g/mol. The maximum Gasteiger partial charge on any atom is 0.247 e. The number of nitrogens with zero attached hydrogens (tertiary/aromatic N) is 2. The number of sulfonamides is 1. The number of hydrogen-bond donors (Lipinski definition) is 6. The normalized spacial score (nSPS) is 26.8. The van der Waals surface area contributed by atoms with Crippen molar-refractivity contribution in [3.8, 4) is 11.5 Å². The summed E-state index contributed by atoms with van der Waals surface area (Å²) in [6.07, 6.45) is -1.72. The number of nitrogens with one attached hydrogen (secondary N) is 1. The van der Waals surface area contributed by atoms with E-state index >= 15 is 0 Å². The van der Waals surface area contributed by atoms with Crippen molar-refractivity contribution < 1.29 is 38.7 Å². The lowest BCUT2D eigenvalue weighted by Gasteiger charge is -2.38. The molecule has 6 N–H and O–H groups in total. The van der Waals surface area contributed by atoms with Gasteiger partial charge in [0, 0.05) is 49.9 Å². The SMILES string of the molecule is O=C(C1C[C@@H](O)C(O)[C@H](O)C1)N1CCC(Nc2ccc3c(c2)CN(S(=O)(=O)c2ccc(O)cc2O)C3)CC1. The first kappa shape index (κ1) is 26.7. The predicted molar refractivity (Wildman–Crippen MR) is 137 cm³/mol. The molecule has 12 heteroatoms. The highest BCUT2D eigenvalue weighted by Gasteiger charge is 2.40. The van der Waals surface area contributed by atoms with Gasteiger partial charge in [0.25, 0.3) is 0 Å². The van der Waals surface area contributed by atoms with Crippen LogP contribution in [0.25, 0.3) is 0 Å². The minimum Gasteiger partial charge on any atom is -0.508 e. The predicted octanol–water partition coefficient (Wildman–Crippen LogP) is 0.698. The second kappa shape index (κ2) is 10.3. The Labute approximate surface area is 221 Å². The van der Waals surface area contributed by atoms with Crippen LogP contribution in [0, 0.1) is 5.92 Å². The number of aliphatic hydroxyl groups excluding tert-OH is 3. The van der Waals surface area contributed by atoms with Gasteiger partial charge in [-0.1, -0.05) is 6.07 Å². The van der Waals surface area contributed by atoms with Crippen LogP contribution in [0.3, 0.4) is 0 Å². The number of piperidine rings is 1. The minimum atomic E-state index is -3.96. The lowest BCUT2D eigenvalue weighted by molar-refractivity contribution is -0.148. The number of rotatable bonds is 5. The van der Waals surface area contributed by atoms with Crippen LogP contribution < -0.4 is 5.32 Å². The highest BCUT2D eigenvalue weighted by atomic mass is 32.2. The summed E-state index contributed by atoms with van der Waals surface area (Å²) in [5.41, 5.74) is 2.59. The fraction of sp³-hybridized carbons (Fsp3) is 0.500. The number of phenols is 2. The molecule has 1 saturated carbocycles. The number of hydrogen-bond acceptors (Lipinski definition) is 9. The first-order valence-corrected chi connectivity index (χ1v) is 14.2. The van der Waals surface area contributed by atoms with Crippen LogP contribution in [0.15, 0.2) is 41.3 Å². The smallest absolute Gasteiger partial charge is 0.247 e. The Kier molecular flexibility index (Phi) is 7.27. The number of carbonyl (C=O) groups excluding carboxylic acids is 1. The number of carbonyl (C=O) groups is 1. The number of aromatic hydroxyl groups is 2. The van der Waals surface area contributed by atoms with Gasteiger partial charge in [-0.05, 0) is 61.1 Å². The number of amides is 1. The van der Waals surface area contributed by atoms with Gasteiger partial charge in [-0.3, -0.25) is 4.79 Å². The van der Waals surface area contributed by atoms with Crippen molar-refractivity contribution in [3.05, 3.63) is 47.5 Å². The molecule has 5 rings (SSSR count). The first-order chi connectivity index (χ1) is 18.0. The van der Waals surface area contributed by atoms with Crippen LogP contribution in [0.1, 0.15) is 36.8 Å². The van der Waals surface area contributed by atoms with Crippen LogP contribution in [0.4, 0.5) is 5.69 Å². The number of benzene rings is 2. The molecule has 2 aliphatic heterocycles. The molecule has 1 amide bonds. The standard InChI is InChI=1S/C26H33N3O8S/c30-20-3-4-24(21(31)12-20)38(36,37)29-13-15-1-2-19(9-17(15)14-29)27-18-5-7-28(8-6-18)26(35)16-10-22(32)25(34)23(33)11-16/h1-4,9,12,16,18,22-23,25,27,30-34H,5-8,10-11,13-14H2/t16?,22-,23-,25?/m1/s1. The number of fused-ring (bicyclic) bond motifs is 1. The second-order valence-electron chi connectivity index (χ2n) is 10.4. The van der Waals surface area contributed by atoms with E-state index in [0.717, 1.165) is 22.9 Å². The van der Waals surface area contributed by atoms with E-state index in [1.54, 1.807) is 4.90 Å². The van der Waals surface area contributed by atoms with E-state index in [9.17, 15) is 38.7 Å². The van der Waals surface area contributed by atoms with Gasteiger partial charge in [0.15, 0.2) is 0 Å². The third kappa shape index (κ3) is 5.19. The van der Waals surface area contributed by atoms with Gasteiger partial charge in [-0.25, -0.2) is 8.42 Å². The molecule has 11 nitrogen and oxygen atoms in total. The zero-order valence-electron chi connectivity index (χ0n) is 20.8. The van der Waals surface area contributed by atoms with Crippen molar-refractivity contribution in [1.29, 1.82) is 0 Å². The Hall–Kier alpha value is -2.90. The molecular formula is C26H33N3O8S. The number of aliphatic hydroxyl groups is 3. The third-order valence-corrected chi connectivity index (χ3v) is 9.67. The number of anilines is 1. The van der Waals surface area contributed by atoms with E-state index < -0.39 is 40.0 Å². The van der Waals surface area contributed by atoms with Crippen LogP contribution in [-0.2, 0) is 27.9 Å². The average molecular weight is 548 g/mol. The Bertz CT molecular complexity index is 1300. The van der Waals surface area contributed by atoms with Gasteiger partial charge < -0.3 is 35.7 Å². The Balaban J connectivity index is 1.17. The molecule has 2 atom stereocenters. The van der Waals surface area contributed by atoms with Gasteiger partial charge >= 0.3 is 0 Å². The summed E-state index contributed by atoms with van der Waals surface area (Å²) >= 11 is 0. The van der Waals surface area contributed by atoms with Gasteiger partial charge in [0.1, 0.15) is 22.5 Å².